The van der Waals surface area contributed by atoms with Gasteiger partial charge in [-0.3, -0.25) is 0 Å². The van der Waals surface area contributed by atoms with Gasteiger partial charge in [0.05, 0.1) is 5.92 Å². The fourth-order valence-electron chi connectivity index (χ4n) is 2.12. The van der Waals surface area contributed by atoms with E-state index in [0.29, 0.717) is 18.3 Å². The maximum atomic E-state index is 5.74. The summed E-state index contributed by atoms with van der Waals surface area (Å²) < 4.78 is 11.1. The summed E-state index contributed by atoms with van der Waals surface area (Å²) in [6, 6.07) is 0. The highest BCUT2D eigenvalue weighted by Crippen LogP contribution is 2.29. The number of hydrogen-bond acceptors (Lipinski definition) is 5. The zero-order valence-corrected chi connectivity index (χ0v) is 10.8. The molecule has 1 aromatic rings. The fraction of sp³-hybridized carbons (Fsp3) is 0.833. The molecular weight excluding hydrogens is 218 g/mol. The third-order valence-electron chi connectivity index (χ3n) is 3.46. The summed E-state index contributed by atoms with van der Waals surface area (Å²) in [7, 11) is 0. The molecule has 0 saturated carbocycles. The molecule has 0 spiro atoms. The molecule has 1 saturated heterocycles. The largest absolute Gasteiger partial charge is 0.367 e. The molecule has 2 heterocycles. The van der Waals surface area contributed by atoms with E-state index in [1.54, 1.807) is 0 Å². The minimum atomic E-state index is -0.428. The smallest absolute Gasteiger partial charge is 0.231 e. The summed E-state index contributed by atoms with van der Waals surface area (Å²) in [5.41, 5.74) is -0.428. The van der Waals surface area contributed by atoms with Crippen LogP contribution in [0.1, 0.15) is 51.2 Å². The van der Waals surface area contributed by atoms with Crippen molar-refractivity contribution in [3.8, 4) is 0 Å². The first-order valence-electron chi connectivity index (χ1n) is 6.38. The summed E-state index contributed by atoms with van der Waals surface area (Å²) in [5, 5.41) is 7.38. The van der Waals surface area contributed by atoms with E-state index < -0.39 is 5.60 Å². The second-order valence-electron chi connectivity index (χ2n) is 4.66. The summed E-state index contributed by atoms with van der Waals surface area (Å²) in [5.74, 6) is 1.77. The van der Waals surface area contributed by atoms with Gasteiger partial charge in [0.1, 0.15) is 5.60 Å². The van der Waals surface area contributed by atoms with Gasteiger partial charge in [0, 0.05) is 13.2 Å². The molecule has 0 bridgehead atoms. The Labute approximate surface area is 102 Å². The first-order chi connectivity index (χ1) is 8.19. The Morgan fingerprint density at radius 3 is 2.94 bits per heavy atom. The third kappa shape index (κ3) is 2.50. The maximum Gasteiger partial charge on any atom is 0.231 e. The van der Waals surface area contributed by atoms with E-state index in [1.807, 2.05) is 13.8 Å². The summed E-state index contributed by atoms with van der Waals surface area (Å²) in [6.07, 6.45) is 1.90. The molecule has 2 atom stereocenters. The lowest BCUT2D eigenvalue weighted by Crippen LogP contribution is -2.26. The highest BCUT2D eigenvalue weighted by atomic mass is 16.5. The summed E-state index contributed by atoms with van der Waals surface area (Å²) in [6.45, 7) is 8.67. The average Bonchev–Trinajstić information content (AvgIpc) is 2.99. The van der Waals surface area contributed by atoms with Gasteiger partial charge in [-0.25, -0.2) is 0 Å². The van der Waals surface area contributed by atoms with Crippen molar-refractivity contribution < 1.29 is 9.26 Å². The molecule has 5 heteroatoms. The zero-order valence-electron chi connectivity index (χ0n) is 10.8. The quantitative estimate of drug-likeness (QED) is 0.849. The second-order valence-corrected chi connectivity index (χ2v) is 4.66. The molecule has 1 N–H and O–H groups in total. The lowest BCUT2D eigenvalue weighted by Gasteiger charge is -2.23. The normalized spacial score (nSPS) is 23.8. The van der Waals surface area contributed by atoms with Crippen LogP contribution in [-0.2, 0) is 10.3 Å². The SMILES string of the molecule is CCOC(C)(CC)c1noc(C2CCNC2)n1. The fourth-order valence-corrected chi connectivity index (χ4v) is 2.12. The minimum absolute atomic E-state index is 0.360. The monoisotopic (exact) mass is 239 g/mol. The van der Waals surface area contributed by atoms with Crippen LogP contribution in [0.3, 0.4) is 0 Å². The van der Waals surface area contributed by atoms with Crippen molar-refractivity contribution in [3.05, 3.63) is 11.7 Å². The molecule has 0 amide bonds. The topological polar surface area (TPSA) is 60.2 Å². The molecule has 96 valence electrons. The molecule has 2 rings (SSSR count). The molecule has 2 unspecified atom stereocenters. The predicted octanol–water partition coefficient (Wildman–Crippen LogP) is 1.81. The van der Waals surface area contributed by atoms with E-state index in [0.717, 1.165) is 31.8 Å². The van der Waals surface area contributed by atoms with Crippen molar-refractivity contribution in [2.75, 3.05) is 19.7 Å². The van der Waals surface area contributed by atoms with Gasteiger partial charge in [0.2, 0.25) is 11.7 Å². The van der Waals surface area contributed by atoms with Crippen LogP contribution in [0.4, 0.5) is 0 Å². The Hall–Kier alpha value is -0.940. The number of aromatic nitrogens is 2. The Balaban J connectivity index is 2.15. The van der Waals surface area contributed by atoms with Crippen molar-refractivity contribution in [2.24, 2.45) is 0 Å². The molecule has 5 nitrogen and oxygen atoms in total. The van der Waals surface area contributed by atoms with Crippen LogP contribution in [0.15, 0.2) is 4.52 Å². The van der Waals surface area contributed by atoms with Gasteiger partial charge < -0.3 is 14.6 Å². The van der Waals surface area contributed by atoms with Crippen molar-refractivity contribution in [1.82, 2.24) is 15.5 Å². The van der Waals surface area contributed by atoms with E-state index in [-0.39, 0.29) is 0 Å². The number of hydrogen-bond donors (Lipinski definition) is 1. The molecule has 1 fully saturated rings. The molecule has 0 radical (unpaired) electrons. The van der Waals surface area contributed by atoms with Gasteiger partial charge in [-0.1, -0.05) is 12.1 Å². The Morgan fingerprint density at radius 1 is 1.53 bits per heavy atom. The summed E-state index contributed by atoms with van der Waals surface area (Å²) in [4.78, 5) is 4.51. The maximum absolute atomic E-state index is 5.74. The molecular formula is C12H21N3O2. The Kier molecular flexibility index (Phi) is 3.79. The lowest BCUT2D eigenvalue weighted by molar-refractivity contribution is -0.0403. The second kappa shape index (κ2) is 5.14. The third-order valence-corrected chi connectivity index (χ3v) is 3.46. The number of nitrogens with zero attached hydrogens (tertiary/aromatic N) is 2. The Morgan fingerprint density at radius 2 is 2.35 bits per heavy atom. The van der Waals surface area contributed by atoms with Crippen LogP contribution in [0, 0.1) is 0 Å². The van der Waals surface area contributed by atoms with E-state index in [1.165, 1.54) is 0 Å². The van der Waals surface area contributed by atoms with Crippen molar-refractivity contribution >= 4 is 0 Å². The standard InChI is InChI=1S/C12H21N3O2/c1-4-12(3,16-5-2)11-14-10(17-15-11)9-6-7-13-8-9/h9,13H,4-8H2,1-3H3. The van der Waals surface area contributed by atoms with Crippen molar-refractivity contribution in [3.63, 3.8) is 0 Å². The van der Waals surface area contributed by atoms with Crippen molar-refractivity contribution in [2.45, 2.75) is 45.1 Å². The molecule has 1 aromatic heterocycles. The molecule has 0 aliphatic carbocycles. The van der Waals surface area contributed by atoms with Gasteiger partial charge in [0.15, 0.2) is 0 Å². The minimum Gasteiger partial charge on any atom is -0.367 e. The van der Waals surface area contributed by atoms with E-state index >= 15 is 0 Å². The summed E-state index contributed by atoms with van der Waals surface area (Å²) >= 11 is 0. The first kappa shape index (κ1) is 12.5. The van der Waals surface area contributed by atoms with E-state index in [2.05, 4.69) is 22.4 Å². The van der Waals surface area contributed by atoms with E-state index in [4.69, 9.17) is 9.26 Å². The molecule has 1 aliphatic rings. The van der Waals surface area contributed by atoms with Crippen LogP contribution in [-0.4, -0.2) is 29.8 Å². The van der Waals surface area contributed by atoms with Crippen molar-refractivity contribution in [1.29, 1.82) is 0 Å². The van der Waals surface area contributed by atoms with Crippen LogP contribution < -0.4 is 5.32 Å². The van der Waals surface area contributed by atoms with Gasteiger partial charge in [0.25, 0.3) is 0 Å². The highest BCUT2D eigenvalue weighted by molar-refractivity contribution is 5.03. The van der Waals surface area contributed by atoms with Gasteiger partial charge in [-0.2, -0.15) is 4.98 Å². The molecule has 17 heavy (non-hydrogen) atoms. The number of nitrogens with one attached hydrogen (secondary N) is 1. The zero-order chi connectivity index (χ0) is 12.3. The lowest BCUT2D eigenvalue weighted by atomic mass is 10.0. The molecule has 1 aliphatic heterocycles. The van der Waals surface area contributed by atoms with Crippen LogP contribution in [0.5, 0.6) is 0 Å². The van der Waals surface area contributed by atoms with Gasteiger partial charge >= 0.3 is 0 Å². The average molecular weight is 239 g/mol. The van der Waals surface area contributed by atoms with Gasteiger partial charge in [-0.05, 0) is 33.2 Å². The number of ether oxygens (including phenoxy) is 1. The van der Waals surface area contributed by atoms with Crippen LogP contribution in [0.25, 0.3) is 0 Å². The van der Waals surface area contributed by atoms with Crippen LogP contribution in [0.2, 0.25) is 0 Å². The van der Waals surface area contributed by atoms with Crippen LogP contribution >= 0.6 is 0 Å². The highest BCUT2D eigenvalue weighted by Gasteiger charge is 2.32. The number of rotatable bonds is 5. The van der Waals surface area contributed by atoms with Gasteiger partial charge in [-0.15, -0.1) is 0 Å². The Bertz CT molecular complexity index is 360. The predicted molar refractivity (Wildman–Crippen MR) is 63.8 cm³/mol. The molecule has 0 aromatic carbocycles. The first-order valence-corrected chi connectivity index (χ1v) is 6.38. The van der Waals surface area contributed by atoms with E-state index in [9.17, 15) is 0 Å².